The Morgan fingerprint density at radius 1 is 1.02 bits per heavy atom. The number of hydrogen-bond donors (Lipinski definition) is 0. The molecule has 0 radical (unpaired) electrons. The fraction of sp³-hybridized carbons (Fsp3) is 0.273. The summed E-state index contributed by atoms with van der Waals surface area (Å²) in [7, 11) is -0.994. The van der Waals surface area contributed by atoms with Gasteiger partial charge in [0.15, 0.2) is 0 Å². The van der Waals surface area contributed by atoms with E-state index in [2.05, 4.69) is 0 Å². The van der Waals surface area contributed by atoms with Crippen LogP contribution in [0.25, 0.3) is 11.5 Å². The Morgan fingerprint density at radius 3 is 2.43 bits per heavy atom. The molecular weight excluding hydrogens is 570 g/mol. The Morgan fingerprint density at radius 2 is 1.76 bits per heavy atom. The number of carbonyl (C=O) groups is 1. The molecule has 3 unspecified atom stereocenters. The largest absolute Gasteiger partial charge is 0.493 e. The summed E-state index contributed by atoms with van der Waals surface area (Å²) < 4.78 is 35.4. The average molecular weight is 604 g/mol. The van der Waals surface area contributed by atoms with Gasteiger partial charge in [0.1, 0.15) is 21.8 Å². The molecular formula is C33H33NO6S2. The van der Waals surface area contributed by atoms with E-state index >= 15 is 0 Å². The summed E-state index contributed by atoms with van der Waals surface area (Å²) in [5.41, 5.74) is 2.48. The molecule has 1 aromatic heterocycles. The van der Waals surface area contributed by atoms with Crippen LogP contribution in [0.1, 0.15) is 41.0 Å². The van der Waals surface area contributed by atoms with Crippen LogP contribution in [0.5, 0.6) is 11.5 Å². The van der Waals surface area contributed by atoms with Crippen LogP contribution in [0, 0.1) is 6.92 Å². The highest BCUT2D eigenvalue weighted by molar-refractivity contribution is 8.16. The number of aryl methyl sites for hydroxylation is 1. The van der Waals surface area contributed by atoms with Crippen LogP contribution in [-0.4, -0.2) is 34.0 Å². The van der Waals surface area contributed by atoms with Crippen LogP contribution >= 0.6 is 11.8 Å². The zero-order valence-electron chi connectivity index (χ0n) is 23.8. The first-order chi connectivity index (χ1) is 20.3. The van der Waals surface area contributed by atoms with Crippen LogP contribution in [-0.2, 0) is 33.2 Å². The molecule has 0 spiro atoms. The van der Waals surface area contributed by atoms with E-state index in [1.807, 2.05) is 91.2 Å². The standard InChI is InChI=1S/C33H33NO6S2/c1-4-37-32(35)33(3,40-28-8-6-5-7-9-28)22-24-10-16-27(17-11-24)38-19-18-29-23(2)39-30(34-29)25-12-14-26(15-13-25)31-41-20-21-42(31)36/h5-17,20-21,31H,4,18-19,22H2,1-3H3. The minimum Gasteiger partial charge on any atom is -0.493 e. The summed E-state index contributed by atoms with van der Waals surface area (Å²) in [6, 6.07) is 24.8. The van der Waals surface area contributed by atoms with E-state index in [0.717, 1.165) is 28.1 Å². The van der Waals surface area contributed by atoms with Crippen molar-refractivity contribution in [2.75, 3.05) is 13.2 Å². The first kappa shape index (κ1) is 29.7. The van der Waals surface area contributed by atoms with Gasteiger partial charge in [-0.2, -0.15) is 0 Å². The second-order valence-corrected chi connectivity index (χ2v) is 12.7. The number of carbonyl (C=O) groups excluding carboxylic acids is 1. The first-order valence-corrected chi connectivity index (χ1v) is 16.0. The van der Waals surface area contributed by atoms with Gasteiger partial charge in [0, 0.05) is 23.8 Å². The van der Waals surface area contributed by atoms with Crippen molar-refractivity contribution in [2.45, 2.75) is 43.8 Å². The molecule has 1 aliphatic heterocycles. The third-order valence-electron chi connectivity index (χ3n) is 6.79. The summed E-state index contributed by atoms with van der Waals surface area (Å²) in [6.45, 7) is 6.14. The fourth-order valence-electron chi connectivity index (χ4n) is 4.60. The van der Waals surface area contributed by atoms with Crippen molar-refractivity contribution in [1.82, 2.24) is 4.98 Å². The second-order valence-electron chi connectivity index (χ2n) is 10.00. The summed E-state index contributed by atoms with van der Waals surface area (Å²) >= 11 is 1.57. The number of ether oxygens (including phenoxy) is 3. The lowest BCUT2D eigenvalue weighted by atomic mass is 9.96. The maximum absolute atomic E-state index is 12.8. The number of aromatic nitrogens is 1. The van der Waals surface area contributed by atoms with Crippen LogP contribution in [0.2, 0.25) is 0 Å². The third-order valence-corrected chi connectivity index (χ3v) is 9.78. The number of hydrogen-bond acceptors (Lipinski definition) is 8. The Hall–Kier alpha value is -3.82. The van der Waals surface area contributed by atoms with E-state index < -0.39 is 22.4 Å². The number of oxazole rings is 1. The quantitative estimate of drug-likeness (QED) is 0.157. The maximum atomic E-state index is 12.8. The van der Waals surface area contributed by atoms with E-state index in [9.17, 15) is 9.00 Å². The molecule has 2 heterocycles. The highest BCUT2D eigenvalue weighted by Crippen LogP contribution is 2.39. The topological polar surface area (TPSA) is 87.9 Å². The number of nitrogens with zero attached hydrogens (tertiary/aromatic N) is 1. The van der Waals surface area contributed by atoms with Crippen molar-refractivity contribution >= 4 is 28.5 Å². The van der Waals surface area contributed by atoms with Crippen LogP contribution < -0.4 is 9.47 Å². The maximum Gasteiger partial charge on any atom is 0.350 e. The predicted octanol–water partition coefficient (Wildman–Crippen LogP) is 7.18. The summed E-state index contributed by atoms with van der Waals surface area (Å²) in [5, 5.41) is 3.62. The molecule has 218 valence electrons. The van der Waals surface area contributed by atoms with Crippen LogP contribution in [0.15, 0.2) is 94.1 Å². The lowest BCUT2D eigenvalue weighted by Gasteiger charge is -2.28. The van der Waals surface area contributed by atoms with Gasteiger partial charge in [-0.15, -0.1) is 11.8 Å². The molecule has 0 amide bonds. The predicted molar refractivity (Wildman–Crippen MR) is 166 cm³/mol. The van der Waals surface area contributed by atoms with Gasteiger partial charge >= 0.3 is 5.97 Å². The molecule has 3 atom stereocenters. The SMILES string of the molecule is CCOC(=O)C(C)(Cc1ccc(OCCc2nc(-c3ccc(C4SC=CS4=O)cc3)oc2C)cc1)Oc1ccccc1. The second kappa shape index (κ2) is 13.4. The molecule has 5 rings (SSSR count). The molecule has 9 heteroatoms. The summed E-state index contributed by atoms with van der Waals surface area (Å²) in [5.74, 6) is 2.22. The van der Waals surface area contributed by atoms with Crippen molar-refractivity contribution in [3.8, 4) is 23.0 Å². The molecule has 7 nitrogen and oxygen atoms in total. The van der Waals surface area contributed by atoms with E-state index in [1.165, 1.54) is 0 Å². The zero-order valence-corrected chi connectivity index (χ0v) is 25.4. The van der Waals surface area contributed by atoms with E-state index in [0.29, 0.717) is 36.8 Å². The number of thioether (sulfide) groups is 1. The minimum atomic E-state index is -1.17. The summed E-state index contributed by atoms with van der Waals surface area (Å²) in [6.07, 6.45) is 0.932. The monoisotopic (exact) mass is 603 g/mol. The average Bonchev–Trinajstić information content (AvgIpc) is 3.59. The molecule has 0 saturated heterocycles. The molecule has 1 aliphatic rings. The van der Waals surface area contributed by atoms with Crippen molar-refractivity contribution in [1.29, 1.82) is 0 Å². The van der Waals surface area contributed by atoms with Gasteiger partial charge in [0.2, 0.25) is 11.5 Å². The minimum absolute atomic E-state index is 0.0585. The Balaban J connectivity index is 1.17. The van der Waals surface area contributed by atoms with Gasteiger partial charge in [-0.3, -0.25) is 4.21 Å². The molecule has 0 aliphatic carbocycles. The normalized spacial score (nSPS) is 17.5. The van der Waals surface area contributed by atoms with Gasteiger partial charge in [-0.05, 0) is 73.7 Å². The molecule has 3 aromatic carbocycles. The van der Waals surface area contributed by atoms with E-state index in [4.69, 9.17) is 23.6 Å². The Labute approximate surface area is 252 Å². The van der Waals surface area contributed by atoms with E-state index in [-0.39, 0.29) is 11.2 Å². The highest BCUT2D eigenvalue weighted by atomic mass is 32.2. The molecule has 0 saturated carbocycles. The van der Waals surface area contributed by atoms with E-state index in [1.54, 1.807) is 31.0 Å². The fourth-order valence-corrected chi connectivity index (χ4v) is 7.15. The molecule has 0 fully saturated rings. The lowest BCUT2D eigenvalue weighted by molar-refractivity contribution is -0.160. The van der Waals surface area contributed by atoms with Gasteiger partial charge in [0.05, 0.1) is 29.7 Å². The van der Waals surface area contributed by atoms with Gasteiger partial charge < -0.3 is 18.6 Å². The summed E-state index contributed by atoms with van der Waals surface area (Å²) in [4.78, 5) is 17.5. The smallest absolute Gasteiger partial charge is 0.350 e. The van der Waals surface area contributed by atoms with Crippen molar-refractivity contribution in [2.24, 2.45) is 0 Å². The number of benzene rings is 3. The lowest BCUT2D eigenvalue weighted by Crippen LogP contribution is -2.45. The zero-order chi connectivity index (χ0) is 29.5. The highest BCUT2D eigenvalue weighted by Gasteiger charge is 2.37. The van der Waals surface area contributed by atoms with Crippen LogP contribution in [0.3, 0.4) is 0 Å². The van der Waals surface area contributed by atoms with Crippen molar-refractivity contribution in [3.63, 3.8) is 0 Å². The number of para-hydroxylation sites is 1. The van der Waals surface area contributed by atoms with Gasteiger partial charge in [-0.25, -0.2) is 9.78 Å². The van der Waals surface area contributed by atoms with Gasteiger partial charge in [-0.1, -0.05) is 42.5 Å². The molecule has 0 N–H and O–H groups in total. The van der Waals surface area contributed by atoms with Crippen molar-refractivity contribution in [3.05, 3.63) is 112 Å². The molecule has 4 aromatic rings. The first-order valence-electron chi connectivity index (χ1n) is 13.8. The van der Waals surface area contributed by atoms with Gasteiger partial charge in [0.25, 0.3) is 0 Å². The van der Waals surface area contributed by atoms with Crippen molar-refractivity contribution < 1.29 is 27.6 Å². The number of esters is 1. The Kier molecular flexibility index (Phi) is 9.49. The Bertz CT molecular complexity index is 1550. The molecule has 42 heavy (non-hydrogen) atoms. The number of rotatable bonds is 12. The molecule has 0 bridgehead atoms. The van der Waals surface area contributed by atoms with Crippen LogP contribution in [0.4, 0.5) is 0 Å². The third kappa shape index (κ3) is 7.14.